The number of methoxy groups -OCH3 is 1. The fourth-order valence-electron chi connectivity index (χ4n) is 3.78. The van der Waals surface area contributed by atoms with Crippen LogP contribution in [-0.4, -0.2) is 52.2 Å². The van der Waals surface area contributed by atoms with Gasteiger partial charge in [-0.15, -0.1) is 5.10 Å². The highest BCUT2D eigenvalue weighted by Gasteiger charge is 2.27. The Kier molecular flexibility index (Phi) is 6.72. The van der Waals surface area contributed by atoms with Crippen LogP contribution in [0.1, 0.15) is 34.6 Å². The van der Waals surface area contributed by atoms with Gasteiger partial charge in [0.15, 0.2) is 5.69 Å². The SMILES string of the molecule is COc1cccc(CN(CC2CCCO2)C(=O)c2nnn(-c3ccc(F)c(Cl)c3)c2C)c1. The van der Waals surface area contributed by atoms with E-state index in [9.17, 15) is 9.18 Å². The van der Waals surface area contributed by atoms with E-state index in [1.54, 1.807) is 18.9 Å². The molecule has 1 unspecified atom stereocenters. The van der Waals surface area contributed by atoms with Crippen LogP contribution in [-0.2, 0) is 11.3 Å². The van der Waals surface area contributed by atoms with Gasteiger partial charge >= 0.3 is 0 Å². The molecule has 0 aliphatic carbocycles. The normalized spacial score (nSPS) is 15.7. The fraction of sp³-hybridized carbons (Fsp3) is 0.348. The van der Waals surface area contributed by atoms with E-state index in [0.29, 0.717) is 31.1 Å². The molecule has 1 aromatic heterocycles. The molecule has 1 atom stereocenters. The first-order valence-electron chi connectivity index (χ1n) is 10.4. The predicted molar refractivity (Wildman–Crippen MR) is 118 cm³/mol. The average molecular weight is 459 g/mol. The molecule has 0 radical (unpaired) electrons. The van der Waals surface area contributed by atoms with Crippen molar-refractivity contribution < 1.29 is 18.7 Å². The third-order valence-corrected chi connectivity index (χ3v) is 5.78. The summed E-state index contributed by atoms with van der Waals surface area (Å²) in [6.07, 6.45) is 1.87. The Morgan fingerprint density at radius 1 is 1.34 bits per heavy atom. The summed E-state index contributed by atoms with van der Waals surface area (Å²) in [6.45, 7) is 3.28. The highest BCUT2D eigenvalue weighted by molar-refractivity contribution is 6.30. The number of halogens is 2. The Morgan fingerprint density at radius 2 is 2.19 bits per heavy atom. The molecular formula is C23H24ClFN4O3. The zero-order valence-electron chi connectivity index (χ0n) is 17.9. The van der Waals surface area contributed by atoms with E-state index >= 15 is 0 Å². The third-order valence-electron chi connectivity index (χ3n) is 5.49. The van der Waals surface area contributed by atoms with Crippen LogP contribution in [0.25, 0.3) is 5.69 Å². The van der Waals surface area contributed by atoms with Crippen LogP contribution < -0.4 is 4.74 Å². The van der Waals surface area contributed by atoms with Crippen molar-refractivity contribution >= 4 is 17.5 Å². The molecule has 9 heteroatoms. The number of ether oxygens (including phenoxy) is 2. The standard InChI is InChI=1S/C23H24ClFN4O3/c1-15-22(26-27-29(15)17-8-9-21(25)20(24)12-17)23(30)28(14-19-7-4-10-32-19)13-16-5-3-6-18(11-16)31-2/h3,5-6,8-9,11-12,19H,4,7,10,13-14H2,1-2H3. The number of carbonyl (C=O) groups excluding carboxylic acids is 1. The van der Waals surface area contributed by atoms with Gasteiger partial charge in [-0.05, 0) is 55.7 Å². The summed E-state index contributed by atoms with van der Waals surface area (Å²) >= 11 is 5.91. The second kappa shape index (κ2) is 9.67. The van der Waals surface area contributed by atoms with Crippen LogP contribution in [0.4, 0.5) is 4.39 Å². The maximum Gasteiger partial charge on any atom is 0.276 e. The summed E-state index contributed by atoms with van der Waals surface area (Å²) in [7, 11) is 1.61. The molecule has 1 saturated heterocycles. The molecule has 0 saturated carbocycles. The Morgan fingerprint density at radius 3 is 2.91 bits per heavy atom. The maximum absolute atomic E-state index is 13.6. The molecule has 4 rings (SSSR count). The van der Waals surface area contributed by atoms with Gasteiger partial charge in [0.05, 0.1) is 29.6 Å². The van der Waals surface area contributed by atoms with Crippen LogP contribution >= 0.6 is 11.6 Å². The number of hydrogen-bond donors (Lipinski definition) is 0. The Bertz CT molecular complexity index is 1110. The van der Waals surface area contributed by atoms with Crippen molar-refractivity contribution in [1.82, 2.24) is 19.9 Å². The van der Waals surface area contributed by atoms with Gasteiger partial charge in [0.2, 0.25) is 0 Å². The quantitative estimate of drug-likeness (QED) is 0.530. The van der Waals surface area contributed by atoms with E-state index in [-0.39, 0.29) is 22.7 Å². The van der Waals surface area contributed by atoms with Crippen molar-refractivity contribution in [3.63, 3.8) is 0 Å². The van der Waals surface area contributed by atoms with E-state index in [1.165, 1.54) is 22.9 Å². The average Bonchev–Trinajstić information content (AvgIpc) is 3.44. The van der Waals surface area contributed by atoms with Crippen molar-refractivity contribution in [2.75, 3.05) is 20.3 Å². The summed E-state index contributed by atoms with van der Waals surface area (Å²) in [4.78, 5) is 15.2. The molecule has 1 aliphatic heterocycles. The molecule has 0 N–H and O–H groups in total. The van der Waals surface area contributed by atoms with Gasteiger partial charge in [-0.25, -0.2) is 9.07 Å². The summed E-state index contributed by atoms with van der Waals surface area (Å²) in [6, 6.07) is 11.8. The first-order chi connectivity index (χ1) is 15.5. The number of aromatic nitrogens is 3. The lowest BCUT2D eigenvalue weighted by Crippen LogP contribution is -2.37. The lowest BCUT2D eigenvalue weighted by atomic mass is 10.1. The van der Waals surface area contributed by atoms with Crippen molar-refractivity contribution in [3.8, 4) is 11.4 Å². The molecule has 2 aromatic carbocycles. The van der Waals surface area contributed by atoms with Gasteiger partial charge < -0.3 is 14.4 Å². The number of hydrogen-bond acceptors (Lipinski definition) is 5. The monoisotopic (exact) mass is 458 g/mol. The summed E-state index contributed by atoms with van der Waals surface area (Å²) in [5.74, 6) is -0.0480. The summed E-state index contributed by atoms with van der Waals surface area (Å²) < 4.78 is 26.1. The fourth-order valence-corrected chi connectivity index (χ4v) is 3.96. The van der Waals surface area contributed by atoms with Crippen molar-refractivity contribution in [2.45, 2.75) is 32.4 Å². The van der Waals surface area contributed by atoms with Gasteiger partial charge in [-0.3, -0.25) is 4.79 Å². The third kappa shape index (κ3) is 4.76. The summed E-state index contributed by atoms with van der Waals surface area (Å²) in [5, 5.41) is 8.22. The van der Waals surface area contributed by atoms with Gasteiger partial charge in [-0.1, -0.05) is 28.9 Å². The van der Waals surface area contributed by atoms with Crippen molar-refractivity contribution in [3.05, 3.63) is 70.3 Å². The van der Waals surface area contributed by atoms with Crippen LogP contribution in [0.5, 0.6) is 5.75 Å². The topological polar surface area (TPSA) is 69.5 Å². The van der Waals surface area contributed by atoms with Crippen LogP contribution in [0, 0.1) is 12.7 Å². The Balaban J connectivity index is 1.62. The molecule has 3 aromatic rings. The molecular weight excluding hydrogens is 435 g/mol. The second-order valence-corrected chi connectivity index (χ2v) is 8.11. The molecule has 32 heavy (non-hydrogen) atoms. The second-order valence-electron chi connectivity index (χ2n) is 7.71. The van der Waals surface area contributed by atoms with E-state index in [4.69, 9.17) is 21.1 Å². The van der Waals surface area contributed by atoms with E-state index in [0.717, 1.165) is 24.2 Å². The lowest BCUT2D eigenvalue weighted by Gasteiger charge is -2.25. The highest BCUT2D eigenvalue weighted by Crippen LogP contribution is 2.23. The van der Waals surface area contributed by atoms with Crippen molar-refractivity contribution in [1.29, 1.82) is 0 Å². The van der Waals surface area contributed by atoms with Crippen molar-refractivity contribution in [2.24, 2.45) is 0 Å². The largest absolute Gasteiger partial charge is 0.497 e. The molecule has 168 valence electrons. The van der Waals surface area contributed by atoms with E-state index in [1.807, 2.05) is 24.3 Å². The first kappa shape index (κ1) is 22.2. The number of amides is 1. The lowest BCUT2D eigenvalue weighted by molar-refractivity contribution is 0.0502. The molecule has 0 bridgehead atoms. The molecule has 7 nitrogen and oxygen atoms in total. The van der Waals surface area contributed by atoms with E-state index < -0.39 is 5.82 Å². The smallest absolute Gasteiger partial charge is 0.276 e. The molecule has 1 amide bonds. The minimum absolute atomic E-state index is 0.0178. The van der Waals surface area contributed by atoms with Gasteiger partial charge in [-0.2, -0.15) is 0 Å². The van der Waals surface area contributed by atoms with Crippen LogP contribution in [0.3, 0.4) is 0 Å². The first-order valence-corrected chi connectivity index (χ1v) is 10.8. The zero-order valence-corrected chi connectivity index (χ0v) is 18.7. The highest BCUT2D eigenvalue weighted by atomic mass is 35.5. The van der Waals surface area contributed by atoms with Crippen LogP contribution in [0.2, 0.25) is 5.02 Å². The predicted octanol–water partition coefficient (Wildman–Crippen LogP) is 4.20. The minimum Gasteiger partial charge on any atom is -0.497 e. The number of nitrogens with zero attached hydrogens (tertiary/aromatic N) is 4. The summed E-state index contributed by atoms with van der Waals surface area (Å²) in [5.41, 5.74) is 2.23. The number of rotatable bonds is 7. The number of carbonyl (C=O) groups is 1. The Labute approximate surface area is 190 Å². The Hall–Kier alpha value is -2.97. The van der Waals surface area contributed by atoms with Gasteiger partial charge in [0, 0.05) is 19.7 Å². The minimum atomic E-state index is -0.523. The molecule has 1 aliphatic rings. The van der Waals surface area contributed by atoms with E-state index in [2.05, 4.69) is 10.3 Å². The maximum atomic E-state index is 13.6. The zero-order chi connectivity index (χ0) is 22.7. The molecule has 0 spiro atoms. The molecule has 1 fully saturated rings. The van der Waals surface area contributed by atoms with Crippen LogP contribution in [0.15, 0.2) is 42.5 Å². The molecule has 2 heterocycles. The number of benzene rings is 2. The van der Waals surface area contributed by atoms with Gasteiger partial charge in [0.1, 0.15) is 11.6 Å². The van der Waals surface area contributed by atoms with Gasteiger partial charge in [0.25, 0.3) is 5.91 Å².